The molecular formula is C24H32N2O2. The van der Waals surface area contributed by atoms with Crippen LogP contribution in [0, 0.1) is 0 Å². The number of carbonyl (C=O) groups is 1. The van der Waals surface area contributed by atoms with Crippen molar-refractivity contribution in [2.24, 2.45) is 5.10 Å². The van der Waals surface area contributed by atoms with Crippen molar-refractivity contribution in [3.8, 4) is 5.75 Å². The van der Waals surface area contributed by atoms with Gasteiger partial charge in [-0.25, -0.2) is 5.43 Å². The molecule has 0 unspecified atom stereocenters. The van der Waals surface area contributed by atoms with Crippen molar-refractivity contribution < 1.29 is 9.53 Å². The summed E-state index contributed by atoms with van der Waals surface area (Å²) in [6.45, 7) is -0.0230. The number of benzene rings is 2. The lowest BCUT2D eigenvalue weighted by Gasteiger charge is -2.11. The number of hydrogen-bond acceptors (Lipinski definition) is 3. The number of ether oxygens (including phenoxy) is 1. The first-order valence-corrected chi connectivity index (χ1v) is 10.8. The zero-order valence-electron chi connectivity index (χ0n) is 16.8. The SMILES string of the molecule is O=C(COc1cccc2ccccc12)NN=C1CCCCCCCCCCC1. The van der Waals surface area contributed by atoms with Crippen molar-refractivity contribution in [3.05, 3.63) is 42.5 Å². The van der Waals surface area contributed by atoms with Gasteiger partial charge in [-0.1, -0.05) is 81.3 Å². The summed E-state index contributed by atoms with van der Waals surface area (Å²) in [6.07, 6.45) is 13.6. The van der Waals surface area contributed by atoms with Crippen LogP contribution in [-0.4, -0.2) is 18.2 Å². The second-order valence-electron chi connectivity index (χ2n) is 7.66. The van der Waals surface area contributed by atoms with E-state index in [-0.39, 0.29) is 12.5 Å². The van der Waals surface area contributed by atoms with Gasteiger partial charge in [0.1, 0.15) is 5.75 Å². The van der Waals surface area contributed by atoms with E-state index < -0.39 is 0 Å². The maximum absolute atomic E-state index is 12.2. The highest BCUT2D eigenvalue weighted by atomic mass is 16.5. The largest absolute Gasteiger partial charge is 0.483 e. The number of hydrazone groups is 1. The van der Waals surface area contributed by atoms with Gasteiger partial charge >= 0.3 is 0 Å². The molecule has 1 fully saturated rings. The number of hydrogen-bond donors (Lipinski definition) is 1. The van der Waals surface area contributed by atoms with Crippen molar-refractivity contribution in [1.82, 2.24) is 5.43 Å². The predicted octanol–water partition coefficient (Wildman–Crippen LogP) is 6.00. The van der Waals surface area contributed by atoms with Crippen LogP contribution in [0.3, 0.4) is 0 Å². The Morgan fingerprint density at radius 2 is 1.43 bits per heavy atom. The quantitative estimate of drug-likeness (QED) is 0.662. The standard InChI is InChI=1S/C24H32N2O2/c27-24(19-28-23-18-12-14-20-13-10-11-17-22(20)23)26-25-21-15-8-6-4-2-1-3-5-7-9-16-21/h10-14,17-18H,1-9,15-16,19H2,(H,26,27). The Morgan fingerprint density at radius 1 is 0.821 bits per heavy atom. The third-order valence-electron chi connectivity index (χ3n) is 5.38. The molecule has 3 rings (SSSR count). The molecule has 0 spiro atoms. The van der Waals surface area contributed by atoms with Crippen LogP contribution in [0.25, 0.3) is 10.8 Å². The van der Waals surface area contributed by atoms with Crippen molar-refractivity contribution in [1.29, 1.82) is 0 Å². The molecule has 0 atom stereocenters. The molecule has 1 saturated carbocycles. The van der Waals surface area contributed by atoms with Crippen LogP contribution in [0.15, 0.2) is 47.6 Å². The molecule has 0 aliphatic heterocycles. The van der Waals surface area contributed by atoms with Crippen LogP contribution < -0.4 is 10.2 Å². The molecule has 28 heavy (non-hydrogen) atoms. The number of amides is 1. The van der Waals surface area contributed by atoms with E-state index in [1.54, 1.807) is 0 Å². The van der Waals surface area contributed by atoms with Crippen molar-refractivity contribution >= 4 is 22.4 Å². The lowest BCUT2D eigenvalue weighted by Crippen LogP contribution is -2.26. The number of fused-ring (bicyclic) bond motifs is 1. The molecule has 0 radical (unpaired) electrons. The Labute approximate surface area is 168 Å². The zero-order chi connectivity index (χ0) is 19.4. The van der Waals surface area contributed by atoms with E-state index in [1.165, 1.54) is 57.8 Å². The smallest absolute Gasteiger partial charge is 0.277 e. The maximum Gasteiger partial charge on any atom is 0.277 e. The third-order valence-corrected chi connectivity index (χ3v) is 5.38. The summed E-state index contributed by atoms with van der Waals surface area (Å²) in [5.74, 6) is 0.526. The zero-order valence-corrected chi connectivity index (χ0v) is 16.8. The van der Waals surface area contributed by atoms with Gasteiger partial charge in [0.05, 0.1) is 0 Å². The molecule has 1 N–H and O–H groups in total. The number of nitrogens with zero attached hydrogens (tertiary/aromatic N) is 1. The summed E-state index contributed by atoms with van der Waals surface area (Å²) >= 11 is 0. The normalized spacial score (nSPS) is 16.6. The Morgan fingerprint density at radius 3 is 2.14 bits per heavy atom. The van der Waals surface area contributed by atoms with Gasteiger partial charge in [0.2, 0.25) is 0 Å². The van der Waals surface area contributed by atoms with E-state index in [0.29, 0.717) is 0 Å². The minimum Gasteiger partial charge on any atom is -0.483 e. The lowest BCUT2D eigenvalue weighted by atomic mass is 10.00. The topological polar surface area (TPSA) is 50.7 Å². The number of carbonyl (C=O) groups excluding carboxylic acids is 1. The first-order chi connectivity index (χ1) is 13.8. The van der Waals surface area contributed by atoms with E-state index in [4.69, 9.17) is 4.74 Å². The highest BCUT2D eigenvalue weighted by Crippen LogP contribution is 2.25. The van der Waals surface area contributed by atoms with Crippen LogP contribution in [0.5, 0.6) is 5.75 Å². The molecular weight excluding hydrogens is 348 g/mol. The summed E-state index contributed by atoms with van der Waals surface area (Å²) in [4.78, 5) is 12.2. The second-order valence-corrected chi connectivity index (χ2v) is 7.66. The molecule has 1 amide bonds. The molecule has 2 aromatic carbocycles. The van der Waals surface area contributed by atoms with Crippen LogP contribution in [0.4, 0.5) is 0 Å². The Balaban J connectivity index is 1.50. The van der Waals surface area contributed by atoms with Gasteiger partial charge in [0.15, 0.2) is 6.61 Å². The summed E-state index contributed by atoms with van der Waals surface area (Å²) in [6, 6.07) is 13.9. The maximum atomic E-state index is 12.2. The fourth-order valence-corrected chi connectivity index (χ4v) is 3.77. The highest BCUT2D eigenvalue weighted by molar-refractivity contribution is 5.89. The third kappa shape index (κ3) is 6.66. The summed E-state index contributed by atoms with van der Waals surface area (Å²) in [7, 11) is 0. The van der Waals surface area contributed by atoms with Gasteiger partial charge in [0.25, 0.3) is 5.91 Å². The van der Waals surface area contributed by atoms with Gasteiger partial charge in [0, 0.05) is 11.1 Å². The molecule has 1 aliphatic carbocycles. The van der Waals surface area contributed by atoms with E-state index in [9.17, 15) is 4.79 Å². The van der Waals surface area contributed by atoms with Gasteiger partial charge in [-0.15, -0.1) is 0 Å². The van der Waals surface area contributed by atoms with Gasteiger partial charge in [-0.05, 0) is 37.1 Å². The number of rotatable bonds is 4. The van der Waals surface area contributed by atoms with Gasteiger partial charge in [-0.2, -0.15) is 5.10 Å². The predicted molar refractivity (Wildman–Crippen MR) is 116 cm³/mol. The molecule has 2 aromatic rings. The monoisotopic (exact) mass is 380 g/mol. The molecule has 1 aliphatic rings. The van der Waals surface area contributed by atoms with Gasteiger partial charge in [-0.3, -0.25) is 4.79 Å². The Bertz CT molecular complexity index is 766. The van der Waals surface area contributed by atoms with Crippen LogP contribution in [0.2, 0.25) is 0 Å². The average Bonchev–Trinajstić information content (AvgIpc) is 2.72. The first-order valence-electron chi connectivity index (χ1n) is 10.8. The first kappa shape index (κ1) is 20.4. The minimum atomic E-state index is -0.202. The van der Waals surface area contributed by atoms with E-state index >= 15 is 0 Å². The average molecular weight is 381 g/mol. The summed E-state index contributed by atoms with van der Waals surface area (Å²) in [5, 5.41) is 6.55. The minimum absolute atomic E-state index is 0.0230. The van der Waals surface area contributed by atoms with Crippen molar-refractivity contribution in [3.63, 3.8) is 0 Å². The molecule has 4 heteroatoms. The molecule has 0 saturated heterocycles. The number of nitrogens with one attached hydrogen (secondary N) is 1. The van der Waals surface area contributed by atoms with Crippen LogP contribution in [0.1, 0.15) is 70.6 Å². The lowest BCUT2D eigenvalue weighted by molar-refractivity contribution is -0.123. The molecule has 150 valence electrons. The Kier molecular flexibility index (Phi) is 8.35. The van der Waals surface area contributed by atoms with E-state index in [0.717, 1.165) is 35.1 Å². The molecule has 0 aromatic heterocycles. The van der Waals surface area contributed by atoms with Crippen LogP contribution >= 0.6 is 0 Å². The second kappa shape index (κ2) is 11.5. The fourth-order valence-electron chi connectivity index (χ4n) is 3.77. The Hall–Kier alpha value is -2.36. The van der Waals surface area contributed by atoms with E-state index in [1.807, 2.05) is 42.5 Å². The summed E-state index contributed by atoms with van der Waals surface area (Å²) < 4.78 is 5.75. The van der Waals surface area contributed by atoms with Crippen LogP contribution in [-0.2, 0) is 4.79 Å². The van der Waals surface area contributed by atoms with Gasteiger partial charge < -0.3 is 4.74 Å². The molecule has 0 bridgehead atoms. The van der Waals surface area contributed by atoms with E-state index in [2.05, 4.69) is 10.5 Å². The highest BCUT2D eigenvalue weighted by Gasteiger charge is 2.07. The fraction of sp³-hybridized carbons (Fsp3) is 0.500. The molecule has 0 heterocycles. The molecule has 4 nitrogen and oxygen atoms in total. The summed E-state index contributed by atoms with van der Waals surface area (Å²) in [5.41, 5.74) is 3.83. The van der Waals surface area contributed by atoms with Crippen molar-refractivity contribution in [2.45, 2.75) is 70.6 Å². The van der Waals surface area contributed by atoms with Crippen molar-refractivity contribution in [2.75, 3.05) is 6.61 Å².